The quantitative estimate of drug-likeness (QED) is 0.670. The molecule has 1 rings (SSSR count). The van der Waals surface area contributed by atoms with Gasteiger partial charge < -0.3 is 5.73 Å². The number of nitrogens with zero attached hydrogens (tertiary/aromatic N) is 1. The molecule has 0 radical (unpaired) electrons. The van der Waals surface area contributed by atoms with E-state index in [4.69, 9.17) is 5.73 Å². The highest BCUT2D eigenvalue weighted by atomic mass is 15.2. The molecule has 0 aromatic carbocycles. The smallest absolute Gasteiger partial charge is 0.0246 e. The summed E-state index contributed by atoms with van der Waals surface area (Å²) in [6, 6.07) is 1.40. The van der Waals surface area contributed by atoms with E-state index in [9.17, 15) is 0 Å². The Labute approximate surface area is 95.2 Å². The first kappa shape index (κ1) is 13.0. The number of nitrogens with two attached hydrogens (primary N) is 1. The molecule has 0 aromatic heterocycles. The zero-order valence-corrected chi connectivity index (χ0v) is 10.7. The van der Waals surface area contributed by atoms with Crippen molar-refractivity contribution in [2.45, 2.75) is 64.5 Å². The molecular weight excluding hydrogens is 184 g/mol. The third-order valence-corrected chi connectivity index (χ3v) is 3.75. The predicted octanol–water partition coefficient (Wildman–Crippen LogP) is 2.62. The summed E-state index contributed by atoms with van der Waals surface area (Å²) < 4.78 is 0. The van der Waals surface area contributed by atoms with Crippen LogP contribution in [0.1, 0.15) is 52.4 Å². The van der Waals surface area contributed by atoms with E-state index in [2.05, 4.69) is 25.8 Å². The van der Waals surface area contributed by atoms with Crippen LogP contribution in [0.4, 0.5) is 0 Å². The van der Waals surface area contributed by atoms with Crippen molar-refractivity contribution < 1.29 is 0 Å². The van der Waals surface area contributed by atoms with Gasteiger partial charge in [-0.15, -0.1) is 0 Å². The fourth-order valence-corrected chi connectivity index (χ4v) is 2.66. The highest BCUT2D eigenvalue weighted by molar-refractivity contribution is 4.90. The standard InChI is InChI=1S/C13H28N2/c1-4-6-12(7-5-2)15(3)13(10-14)11-8-9-11/h11-13H,4-10,14H2,1-3H3. The number of likely N-dealkylation sites (N-methyl/N-ethyl adjacent to an activating group) is 1. The van der Waals surface area contributed by atoms with Crippen molar-refractivity contribution in [1.29, 1.82) is 0 Å². The van der Waals surface area contributed by atoms with Gasteiger partial charge in [-0.2, -0.15) is 0 Å². The lowest BCUT2D eigenvalue weighted by Gasteiger charge is -2.34. The molecule has 1 aliphatic rings. The lowest BCUT2D eigenvalue weighted by molar-refractivity contribution is 0.142. The van der Waals surface area contributed by atoms with Crippen molar-refractivity contribution in [2.24, 2.45) is 11.7 Å². The summed E-state index contributed by atoms with van der Waals surface area (Å²) in [7, 11) is 2.28. The Morgan fingerprint density at radius 2 is 1.73 bits per heavy atom. The molecule has 2 nitrogen and oxygen atoms in total. The molecule has 1 aliphatic carbocycles. The summed E-state index contributed by atoms with van der Waals surface area (Å²) in [5.74, 6) is 0.899. The van der Waals surface area contributed by atoms with Crippen LogP contribution in [0.5, 0.6) is 0 Å². The second-order valence-electron chi connectivity index (χ2n) is 5.04. The average Bonchev–Trinajstić information content (AvgIpc) is 3.03. The first-order chi connectivity index (χ1) is 7.24. The Bertz CT molecular complexity index is 160. The van der Waals surface area contributed by atoms with E-state index in [-0.39, 0.29) is 0 Å². The molecule has 90 valence electrons. The molecule has 0 saturated heterocycles. The van der Waals surface area contributed by atoms with Gasteiger partial charge in [0.05, 0.1) is 0 Å². The Balaban J connectivity index is 2.47. The van der Waals surface area contributed by atoms with Gasteiger partial charge in [0.15, 0.2) is 0 Å². The van der Waals surface area contributed by atoms with Crippen LogP contribution in [0, 0.1) is 5.92 Å². The summed E-state index contributed by atoms with van der Waals surface area (Å²) in [6.45, 7) is 5.40. The van der Waals surface area contributed by atoms with Gasteiger partial charge in [-0.25, -0.2) is 0 Å². The summed E-state index contributed by atoms with van der Waals surface area (Å²) in [6.07, 6.45) is 8.03. The molecule has 0 spiro atoms. The minimum Gasteiger partial charge on any atom is -0.329 e. The molecule has 1 fully saturated rings. The van der Waals surface area contributed by atoms with E-state index in [1.54, 1.807) is 0 Å². The van der Waals surface area contributed by atoms with Gasteiger partial charge in [0.1, 0.15) is 0 Å². The zero-order valence-electron chi connectivity index (χ0n) is 10.7. The van der Waals surface area contributed by atoms with Crippen molar-refractivity contribution in [1.82, 2.24) is 4.90 Å². The Morgan fingerprint density at radius 1 is 1.20 bits per heavy atom. The van der Waals surface area contributed by atoms with Gasteiger partial charge in [-0.1, -0.05) is 26.7 Å². The summed E-state index contributed by atoms with van der Waals surface area (Å²) in [5, 5.41) is 0. The highest BCUT2D eigenvalue weighted by Crippen LogP contribution is 2.35. The van der Waals surface area contributed by atoms with Gasteiger partial charge in [0.25, 0.3) is 0 Å². The summed E-state index contributed by atoms with van der Waals surface area (Å²) in [4.78, 5) is 2.57. The van der Waals surface area contributed by atoms with E-state index in [0.29, 0.717) is 6.04 Å². The van der Waals surface area contributed by atoms with Crippen LogP contribution >= 0.6 is 0 Å². The SMILES string of the molecule is CCCC(CCC)N(C)C(CN)C1CC1. The molecule has 1 unspecified atom stereocenters. The Kier molecular flexibility index (Phi) is 5.62. The van der Waals surface area contributed by atoms with Crippen molar-refractivity contribution in [3.8, 4) is 0 Å². The van der Waals surface area contributed by atoms with Crippen molar-refractivity contribution in [2.75, 3.05) is 13.6 Å². The van der Waals surface area contributed by atoms with Crippen LogP contribution in [-0.4, -0.2) is 30.6 Å². The molecule has 0 aromatic rings. The third-order valence-electron chi connectivity index (χ3n) is 3.75. The molecule has 0 heterocycles. The first-order valence-corrected chi connectivity index (χ1v) is 6.66. The normalized spacial score (nSPS) is 18.8. The van der Waals surface area contributed by atoms with Crippen molar-refractivity contribution in [3.63, 3.8) is 0 Å². The van der Waals surface area contributed by atoms with Gasteiger partial charge >= 0.3 is 0 Å². The van der Waals surface area contributed by atoms with Crippen LogP contribution in [0.3, 0.4) is 0 Å². The van der Waals surface area contributed by atoms with Gasteiger partial charge in [-0.3, -0.25) is 4.90 Å². The van der Waals surface area contributed by atoms with E-state index in [1.165, 1.54) is 38.5 Å². The molecule has 1 atom stereocenters. The topological polar surface area (TPSA) is 29.3 Å². The number of hydrogen-bond donors (Lipinski definition) is 1. The molecule has 0 bridgehead atoms. The molecular formula is C13H28N2. The maximum Gasteiger partial charge on any atom is 0.0246 e. The predicted molar refractivity (Wildman–Crippen MR) is 66.9 cm³/mol. The molecule has 2 N–H and O–H groups in total. The average molecular weight is 212 g/mol. The van der Waals surface area contributed by atoms with Crippen LogP contribution in [0.15, 0.2) is 0 Å². The molecule has 15 heavy (non-hydrogen) atoms. The highest BCUT2D eigenvalue weighted by Gasteiger charge is 2.34. The van der Waals surface area contributed by atoms with Gasteiger partial charge in [-0.05, 0) is 38.6 Å². The third kappa shape index (κ3) is 3.76. The fraction of sp³-hybridized carbons (Fsp3) is 1.00. The monoisotopic (exact) mass is 212 g/mol. The van der Waals surface area contributed by atoms with E-state index in [0.717, 1.165) is 18.5 Å². The largest absolute Gasteiger partial charge is 0.329 e. The molecule has 2 heteroatoms. The molecule has 0 amide bonds. The summed E-state index contributed by atoms with van der Waals surface area (Å²) >= 11 is 0. The van der Waals surface area contributed by atoms with Crippen molar-refractivity contribution >= 4 is 0 Å². The van der Waals surface area contributed by atoms with E-state index < -0.39 is 0 Å². The minimum absolute atomic E-state index is 0.646. The van der Waals surface area contributed by atoms with Gasteiger partial charge in [0.2, 0.25) is 0 Å². The maximum atomic E-state index is 5.90. The number of hydrogen-bond acceptors (Lipinski definition) is 2. The van der Waals surface area contributed by atoms with Crippen LogP contribution < -0.4 is 5.73 Å². The van der Waals surface area contributed by atoms with Crippen LogP contribution in [-0.2, 0) is 0 Å². The second kappa shape index (κ2) is 6.49. The van der Waals surface area contributed by atoms with Gasteiger partial charge in [0, 0.05) is 18.6 Å². The van der Waals surface area contributed by atoms with Crippen molar-refractivity contribution in [3.05, 3.63) is 0 Å². The van der Waals surface area contributed by atoms with Crippen LogP contribution in [0.25, 0.3) is 0 Å². The van der Waals surface area contributed by atoms with E-state index >= 15 is 0 Å². The lowest BCUT2D eigenvalue weighted by atomic mass is 10.0. The summed E-state index contributed by atoms with van der Waals surface area (Å²) in [5.41, 5.74) is 5.90. The first-order valence-electron chi connectivity index (χ1n) is 6.66. The second-order valence-corrected chi connectivity index (χ2v) is 5.04. The molecule has 1 saturated carbocycles. The lowest BCUT2D eigenvalue weighted by Crippen LogP contribution is -2.45. The molecule has 0 aliphatic heterocycles. The number of rotatable bonds is 8. The Hall–Kier alpha value is -0.0800. The zero-order chi connectivity index (χ0) is 11.3. The van der Waals surface area contributed by atoms with E-state index in [1.807, 2.05) is 0 Å². The Morgan fingerprint density at radius 3 is 2.07 bits per heavy atom. The minimum atomic E-state index is 0.646. The maximum absolute atomic E-state index is 5.90. The van der Waals surface area contributed by atoms with Crippen LogP contribution in [0.2, 0.25) is 0 Å². The fourth-order valence-electron chi connectivity index (χ4n) is 2.66.